The zero-order chi connectivity index (χ0) is 32.4. The van der Waals surface area contributed by atoms with E-state index in [9.17, 15) is 17.6 Å². The van der Waals surface area contributed by atoms with Gasteiger partial charge in [-0.3, -0.25) is 9.36 Å². The average molecular weight is 667 g/mol. The lowest BCUT2D eigenvalue weighted by Gasteiger charge is -2.28. The van der Waals surface area contributed by atoms with E-state index < -0.39 is 55.2 Å². The number of nitrogens with zero attached hydrogens (tertiary/aromatic N) is 2. The molecule has 0 aliphatic carbocycles. The van der Waals surface area contributed by atoms with Crippen LogP contribution in [0.2, 0.25) is 5.02 Å². The largest absolute Gasteiger partial charge is 0.495 e. The van der Waals surface area contributed by atoms with Crippen LogP contribution in [-0.2, 0) is 30.5 Å². The molecule has 13 heteroatoms. The molecule has 0 spiro atoms. The Balaban J connectivity index is 1.70. The highest BCUT2D eigenvalue weighted by Gasteiger charge is 2.31. The zero-order valence-corrected chi connectivity index (χ0v) is 26.9. The van der Waals surface area contributed by atoms with E-state index in [0.717, 1.165) is 36.6 Å². The van der Waals surface area contributed by atoms with Crippen molar-refractivity contribution in [1.29, 1.82) is 0 Å². The number of hydrogen-bond acceptors (Lipinski definition) is 7. The molecular weight excluding hydrogens is 637 g/mol. The number of esters is 1. The quantitative estimate of drug-likeness (QED) is 0.124. The summed E-state index contributed by atoms with van der Waals surface area (Å²) in [5, 5.41) is 0.805. The maximum Gasteiger partial charge on any atom is 0.309 e. The molecule has 1 aromatic heterocycles. The van der Waals surface area contributed by atoms with Gasteiger partial charge in [0.15, 0.2) is 15.0 Å². The number of carbonyl (C=O) groups is 1. The van der Waals surface area contributed by atoms with Crippen molar-refractivity contribution in [3.63, 3.8) is 0 Å². The van der Waals surface area contributed by atoms with Crippen molar-refractivity contribution in [2.45, 2.75) is 42.0 Å². The molecule has 0 bridgehead atoms. The van der Waals surface area contributed by atoms with Crippen molar-refractivity contribution in [2.24, 2.45) is 5.92 Å². The third-order valence-electron chi connectivity index (χ3n) is 7.22. The van der Waals surface area contributed by atoms with Crippen molar-refractivity contribution >= 4 is 39.2 Å². The molecule has 0 N–H and O–H groups in total. The minimum absolute atomic E-state index is 0.233. The van der Waals surface area contributed by atoms with Gasteiger partial charge in [-0.1, -0.05) is 50.2 Å². The highest BCUT2D eigenvalue weighted by Crippen LogP contribution is 2.39. The summed E-state index contributed by atoms with van der Waals surface area (Å²) >= 11 is 7.27. The van der Waals surface area contributed by atoms with Crippen LogP contribution in [0.4, 0.5) is 13.2 Å². The molecule has 0 saturated carbocycles. The first-order valence-electron chi connectivity index (χ1n) is 13.3. The van der Waals surface area contributed by atoms with Gasteiger partial charge in [-0.2, -0.15) is 0 Å². The molecule has 4 aromatic rings. The van der Waals surface area contributed by atoms with E-state index in [1.54, 1.807) is 29.0 Å². The molecule has 0 fully saturated rings. The highest BCUT2D eigenvalue weighted by atomic mass is 35.5. The van der Waals surface area contributed by atoms with Gasteiger partial charge < -0.3 is 9.47 Å². The third kappa shape index (κ3) is 6.92. The Labute approximate surface area is 263 Å². The summed E-state index contributed by atoms with van der Waals surface area (Å²) in [4.78, 5) is 15.7. The molecule has 7 nitrogen and oxygen atoms in total. The fourth-order valence-electron chi connectivity index (χ4n) is 4.64. The Morgan fingerprint density at radius 2 is 1.68 bits per heavy atom. The van der Waals surface area contributed by atoms with Crippen LogP contribution in [0.1, 0.15) is 37.6 Å². The molecule has 0 amide bonds. The highest BCUT2D eigenvalue weighted by molar-refractivity contribution is 7.98. The van der Waals surface area contributed by atoms with Gasteiger partial charge in [0.05, 0.1) is 47.7 Å². The summed E-state index contributed by atoms with van der Waals surface area (Å²) in [6.07, 6.45) is 1.64. The van der Waals surface area contributed by atoms with Crippen LogP contribution in [0.5, 0.6) is 5.75 Å². The minimum atomic E-state index is -4.19. The van der Waals surface area contributed by atoms with E-state index in [1.165, 1.54) is 26.2 Å². The standard InChI is InChI=1S/C31H30ClF3N2O5S2/c1-18(29(38)42-5)17-44(39,40)22-13-25(34)23(26(35)14-22)16-43-30-36-15-28(37(30)21-9-7-20(33)8-10-21)31(2,3)19-6-11-24(32)27(12-19)41-4/h6-15,18H,16-17H2,1-5H3/t18-/m0/s1. The lowest BCUT2D eigenvalue weighted by Crippen LogP contribution is -2.23. The topological polar surface area (TPSA) is 87.5 Å². The van der Waals surface area contributed by atoms with Crippen molar-refractivity contribution in [3.8, 4) is 11.4 Å². The number of hydrogen-bond donors (Lipinski definition) is 0. The van der Waals surface area contributed by atoms with Gasteiger partial charge in [-0.25, -0.2) is 26.6 Å². The first-order chi connectivity index (χ1) is 20.7. The fraction of sp³-hybridized carbons (Fsp3) is 0.290. The lowest BCUT2D eigenvalue weighted by molar-refractivity contribution is -0.144. The number of thioether (sulfide) groups is 1. The summed E-state index contributed by atoms with van der Waals surface area (Å²) in [6, 6.07) is 12.6. The predicted octanol–water partition coefficient (Wildman–Crippen LogP) is 7.15. The second kappa shape index (κ2) is 13.3. The molecule has 234 valence electrons. The van der Waals surface area contributed by atoms with Crippen LogP contribution in [0.3, 0.4) is 0 Å². The van der Waals surface area contributed by atoms with Crippen LogP contribution in [-0.4, -0.2) is 43.9 Å². The first kappa shape index (κ1) is 33.4. The van der Waals surface area contributed by atoms with Crippen LogP contribution in [0, 0.1) is 23.4 Å². The molecule has 0 aliphatic heterocycles. The molecular formula is C31H30ClF3N2O5S2. The zero-order valence-electron chi connectivity index (χ0n) is 24.5. The van der Waals surface area contributed by atoms with Crippen molar-refractivity contribution in [2.75, 3.05) is 20.0 Å². The summed E-state index contributed by atoms with van der Waals surface area (Å²) in [5.41, 5.74) is 1.06. The molecule has 0 saturated heterocycles. The van der Waals surface area contributed by atoms with Gasteiger partial charge in [-0.05, 0) is 54.1 Å². The number of halogens is 4. The number of benzene rings is 3. The number of rotatable bonds is 11. The van der Waals surface area contributed by atoms with E-state index in [2.05, 4.69) is 9.72 Å². The van der Waals surface area contributed by atoms with Crippen LogP contribution >= 0.6 is 23.4 Å². The molecule has 3 aromatic carbocycles. The van der Waals surface area contributed by atoms with Crippen molar-refractivity contribution < 1.29 is 35.9 Å². The summed E-state index contributed by atoms with van der Waals surface area (Å²) in [5.74, 6) is -4.75. The number of ether oxygens (including phenoxy) is 2. The lowest BCUT2D eigenvalue weighted by atomic mass is 9.81. The predicted molar refractivity (Wildman–Crippen MR) is 163 cm³/mol. The Morgan fingerprint density at radius 3 is 2.27 bits per heavy atom. The molecule has 1 atom stereocenters. The van der Waals surface area contributed by atoms with E-state index in [4.69, 9.17) is 16.3 Å². The molecule has 44 heavy (non-hydrogen) atoms. The number of carbonyl (C=O) groups excluding carboxylic acids is 1. The molecule has 0 radical (unpaired) electrons. The van der Waals surface area contributed by atoms with Crippen molar-refractivity contribution in [3.05, 3.63) is 100 Å². The van der Waals surface area contributed by atoms with Gasteiger partial charge in [-0.15, -0.1) is 0 Å². The molecule has 1 heterocycles. The van der Waals surface area contributed by atoms with E-state index in [1.807, 2.05) is 26.0 Å². The van der Waals surface area contributed by atoms with E-state index in [-0.39, 0.29) is 11.3 Å². The van der Waals surface area contributed by atoms with E-state index in [0.29, 0.717) is 27.3 Å². The number of aromatic nitrogens is 2. The summed E-state index contributed by atoms with van der Waals surface area (Å²) < 4.78 is 81.5. The van der Waals surface area contributed by atoms with Crippen molar-refractivity contribution in [1.82, 2.24) is 9.55 Å². The smallest absolute Gasteiger partial charge is 0.309 e. The van der Waals surface area contributed by atoms with Gasteiger partial charge in [0, 0.05) is 22.4 Å². The monoisotopic (exact) mass is 666 g/mol. The average Bonchev–Trinajstić information content (AvgIpc) is 3.41. The Morgan fingerprint density at radius 1 is 1.05 bits per heavy atom. The second-order valence-electron chi connectivity index (χ2n) is 10.6. The molecule has 0 unspecified atom stereocenters. The van der Waals surface area contributed by atoms with Crippen LogP contribution < -0.4 is 4.74 Å². The van der Waals surface area contributed by atoms with Gasteiger partial charge >= 0.3 is 5.97 Å². The number of sulfone groups is 1. The van der Waals surface area contributed by atoms with Gasteiger partial charge in [0.2, 0.25) is 0 Å². The molecule has 4 rings (SSSR count). The minimum Gasteiger partial charge on any atom is -0.495 e. The van der Waals surface area contributed by atoms with Gasteiger partial charge in [0.25, 0.3) is 0 Å². The molecule has 0 aliphatic rings. The SMILES string of the molecule is COC(=O)[C@@H](C)CS(=O)(=O)c1cc(F)c(CSc2ncc(C(C)(C)c3ccc(Cl)c(OC)c3)n2-c2ccc(F)cc2)c(F)c1. The normalized spacial score (nSPS) is 12.7. The fourth-order valence-corrected chi connectivity index (χ4v) is 7.40. The Hall–Kier alpha value is -3.48. The van der Waals surface area contributed by atoms with Crippen LogP contribution in [0.25, 0.3) is 5.69 Å². The van der Waals surface area contributed by atoms with E-state index >= 15 is 8.78 Å². The summed E-state index contributed by atoms with van der Waals surface area (Å²) in [6.45, 7) is 5.27. The Kier molecular flexibility index (Phi) is 10.1. The summed E-state index contributed by atoms with van der Waals surface area (Å²) in [7, 11) is -1.55. The Bertz CT molecular complexity index is 1770. The number of imidazole rings is 1. The maximum absolute atomic E-state index is 15.2. The first-order valence-corrected chi connectivity index (χ1v) is 16.3. The number of methoxy groups -OCH3 is 2. The second-order valence-corrected chi connectivity index (χ2v) is 14.0. The maximum atomic E-state index is 15.2. The van der Waals surface area contributed by atoms with Crippen LogP contribution in [0.15, 0.2) is 70.8 Å². The van der Waals surface area contributed by atoms with Gasteiger partial charge in [0.1, 0.15) is 23.2 Å². The third-order valence-corrected chi connectivity index (χ3v) is 10.4.